The Hall–Kier alpha value is -7.71. The number of aliphatic hydroxyl groups excluding tert-OH is 4. The molecule has 19 nitrogen and oxygen atoms in total. The first-order valence-corrected chi connectivity index (χ1v) is 44.8. The third-order valence-electron chi connectivity index (χ3n) is 22.0. The van der Waals surface area contributed by atoms with Crippen LogP contribution in [-0.2, 0) is 105 Å². The van der Waals surface area contributed by atoms with Crippen molar-refractivity contribution in [2.75, 3.05) is 26.4 Å². The van der Waals surface area contributed by atoms with E-state index >= 15 is 0 Å². The number of carbonyl (C=O) groups is 5. The first-order valence-electron chi connectivity index (χ1n) is 44.8. The zero-order chi connectivity index (χ0) is 96.0. The lowest BCUT2D eigenvalue weighted by atomic mass is 9.74. The topological polar surface area (TPSA) is 369 Å². The highest BCUT2D eigenvalue weighted by atomic mass is 16.4. The summed E-state index contributed by atoms with van der Waals surface area (Å²) in [7, 11) is 0. The van der Waals surface area contributed by atoms with Gasteiger partial charge in [-0.3, -0.25) is 19.2 Å². The van der Waals surface area contributed by atoms with Crippen molar-refractivity contribution in [3.8, 4) is 28.7 Å². The standard InChI is InChI=1S/C31H54O3.4C17H26O3.C5H12O4/c1-8-9-10-11-12-13-14-15-16-17-18-19-20-21-22-24-25(29(33)34)23-26(30(2,3)4)28(32)27(24)31(5,6)7;4*1-16(2,3)12-9-11(7-8-14(18)19)10-13(15(12)20)17(4,5)6;6-1-5(2-7,3-8)4-9/h23,32H,8-22H2,1-7H3,(H,33,34);4*9-10,20H,7-8H2,1-6H3,(H,18,19);6-9H,1-4H2. The van der Waals surface area contributed by atoms with Crippen LogP contribution in [0.5, 0.6) is 28.7 Å². The summed E-state index contributed by atoms with van der Waals surface area (Å²) in [5.74, 6) is -2.45. The molecule has 0 amide bonds. The number of benzene rings is 5. The third-order valence-corrected chi connectivity index (χ3v) is 22.0. The smallest absolute Gasteiger partial charge is 0.335 e. The first kappa shape index (κ1) is 115. The van der Waals surface area contributed by atoms with E-state index in [0.29, 0.717) is 60.7 Å². The van der Waals surface area contributed by atoms with E-state index in [1.54, 1.807) is 6.07 Å². The van der Waals surface area contributed by atoms with Crippen molar-refractivity contribution in [2.24, 2.45) is 5.41 Å². The highest BCUT2D eigenvalue weighted by molar-refractivity contribution is 5.91. The van der Waals surface area contributed by atoms with Crippen LogP contribution in [0, 0.1) is 5.41 Å². The van der Waals surface area contributed by atoms with Gasteiger partial charge in [-0.2, -0.15) is 0 Å². The third kappa shape index (κ3) is 40.6. The first-order chi connectivity index (χ1) is 55.9. The van der Waals surface area contributed by atoms with Gasteiger partial charge in [-0.25, -0.2) is 4.79 Å². The number of aliphatic carboxylic acids is 4. The van der Waals surface area contributed by atoms with Gasteiger partial charge in [0.2, 0.25) is 0 Å². The summed E-state index contributed by atoms with van der Waals surface area (Å²) in [6.07, 6.45) is 21.4. The predicted molar refractivity (Wildman–Crippen MR) is 503 cm³/mol. The quantitative estimate of drug-likeness (QED) is 0.0178. The number of rotatable bonds is 32. The van der Waals surface area contributed by atoms with Gasteiger partial charge in [0, 0.05) is 36.8 Å². The molecule has 0 spiro atoms. The predicted octanol–water partition coefficient (Wildman–Crippen LogP) is 23.7. The van der Waals surface area contributed by atoms with Gasteiger partial charge in [0.25, 0.3) is 0 Å². The average Bonchev–Trinajstić information content (AvgIpc) is 0.749. The van der Waals surface area contributed by atoms with Gasteiger partial charge in [0.15, 0.2) is 0 Å². The van der Waals surface area contributed by atoms with Crippen LogP contribution < -0.4 is 0 Å². The molecular weight excluding hydrogens is 1550 g/mol. The number of phenols is 5. The fraction of sp³-hybridized carbons (Fsp3) is 0.663. The van der Waals surface area contributed by atoms with E-state index < -0.39 is 61.7 Å². The number of phenolic OH excluding ortho intramolecular Hbond substituents is 5. The Balaban J connectivity index is 0.00000150. The summed E-state index contributed by atoms with van der Waals surface area (Å²) in [5, 5.41) is 133. The minimum absolute atomic E-state index is 0.109. The SMILES string of the molecule is CC(C)(C)c1cc(CCC(=O)O)cc(C(C)(C)C)c1O.CC(C)(C)c1cc(CCC(=O)O)cc(C(C)(C)C)c1O.CC(C)(C)c1cc(CCC(=O)O)cc(C(C)(C)C)c1O.CC(C)(C)c1cc(CCC(=O)O)cc(C(C)(C)C)c1O.CCCCCCCCCCCCCCCCc1c(C(=O)O)cc(C(C)(C)C)c(O)c1C(C)(C)C.OCC(CO)(CO)CO. The van der Waals surface area contributed by atoms with E-state index in [1.807, 2.05) is 69.3 Å². The molecule has 5 aromatic rings. The van der Waals surface area contributed by atoms with E-state index in [1.165, 1.54) is 77.0 Å². The Labute approximate surface area is 742 Å². The Morgan fingerprint density at radius 1 is 0.244 bits per heavy atom. The van der Waals surface area contributed by atoms with E-state index in [2.05, 4.69) is 194 Å². The molecule has 0 aliphatic heterocycles. The van der Waals surface area contributed by atoms with Gasteiger partial charge in [-0.1, -0.05) is 347 Å². The second-order valence-corrected chi connectivity index (χ2v) is 44.2. The van der Waals surface area contributed by atoms with Crippen LogP contribution in [0.15, 0.2) is 54.6 Å². The van der Waals surface area contributed by atoms with Crippen LogP contribution in [0.2, 0.25) is 0 Å². The molecule has 19 heteroatoms. The maximum Gasteiger partial charge on any atom is 0.335 e. The van der Waals surface area contributed by atoms with Crippen LogP contribution in [0.25, 0.3) is 0 Å². The molecule has 0 heterocycles. The number of aromatic carboxylic acids is 1. The van der Waals surface area contributed by atoms with Crippen molar-refractivity contribution in [2.45, 2.75) is 416 Å². The van der Waals surface area contributed by atoms with Gasteiger partial charge >= 0.3 is 29.8 Å². The summed E-state index contributed by atoms with van der Waals surface area (Å²) in [6, 6.07) is 17.2. The molecule has 0 aliphatic carbocycles. The molecule has 0 saturated heterocycles. The van der Waals surface area contributed by atoms with Crippen molar-refractivity contribution >= 4 is 29.8 Å². The number of carboxylic acids is 5. The second kappa shape index (κ2) is 49.4. The molecule has 0 atom stereocenters. The molecule has 0 radical (unpaired) electrons. The Morgan fingerprint density at radius 3 is 0.569 bits per heavy atom. The number of unbranched alkanes of at least 4 members (excludes halogenated alkanes) is 13. The molecule has 5 aromatic carbocycles. The molecule has 700 valence electrons. The number of aryl methyl sites for hydroxylation is 4. The summed E-state index contributed by atoms with van der Waals surface area (Å²) in [6.45, 7) is 62.1. The van der Waals surface area contributed by atoms with Crippen molar-refractivity contribution in [1.29, 1.82) is 0 Å². The zero-order valence-corrected chi connectivity index (χ0v) is 82.1. The molecule has 14 N–H and O–H groups in total. The number of aromatic hydroxyl groups is 5. The van der Waals surface area contributed by atoms with Crippen LogP contribution in [-0.4, -0.2) is 128 Å². The van der Waals surface area contributed by atoms with E-state index in [4.69, 9.17) is 40.9 Å². The number of carboxylic acid groups (broad SMARTS) is 5. The van der Waals surface area contributed by atoms with E-state index in [-0.39, 0.29) is 85.6 Å². The van der Waals surface area contributed by atoms with Crippen LogP contribution in [0.1, 0.15) is 424 Å². The Kier molecular flexibility index (Phi) is 46.3. The molecule has 0 bridgehead atoms. The summed E-state index contributed by atoms with van der Waals surface area (Å²) >= 11 is 0. The van der Waals surface area contributed by atoms with Gasteiger partial charge < -0.3 is 71.5 Å². The van der Waals surface area contributed by atoms with Crippen LogP contribution >= 0.6 is 0 Å². The van der Waals surface area contributed by atoms with Crippen LogP contribution in [0.3, 0.4) is 0 Å². The highest BCUT2D eigenvalue weighted by Gasteiger charge is 2.35. The highest BCUT2D eigenvalue weighted by Crippen LogP contribution is 2.47. The number of hydrogen-bond acceptors (Lipinski definition) is 14. The van der Waals surface area contributed by atoms with Crippen molar-refractivity contribution < 1.29 is 95.5 Å². The lowest BCUT2D eigenvalue weighted by molar-refractivity contribution is -0.138. The fourth-order valence-corrected chi connectivity index (χ4v) is 14.3. The van der Waals surface area contributed by atoms with Crippen molar-refractivity contribution in [3.63, 3.8) is 0 Å². The van der Waals surface area contributed by atoms with E-state index in [9.17, 15) is 54.6 Å². The molecular formula is C104H170O19. The Bertz CT molecular complexity index is 3580. The monoisotopic (exact) mass is 1720 g/mol. The molecule has 0 saturated carbocycles. The Morgan fingerprint density at radius 2 is 0.423 bits per heavy atom. The van der Waals surface area contributed by atoms with Gasteiger partial charge in [0.1, 0.15) is 28.7 Å². The van der Waals surface area contributed by atoms with Crippen LogP contribution in [0.4, 0.5) is 0 Å². The summed E-state index contributed by atoms with van der Waals surface area (Å²) < 4.78 is 0. The van der Waals surface area contributed by atoms with Gasteiger partial charge in [-0.15, -0.1) is 0 Å². The summed E-state index contributed by atoms with van der Waals surface area (Å²) in [5.41, 5.74) is 10.5. The zero-order valence-electron chi connectivity index (χ0n) is 82.1. The molecule has 123 heavy (non-hydrogen) atoms. The molecule has 5 rings (SSSR count). The van der Waals surface area contributed by atoms with Crippen molar-refractivity contribution in [3.05, 3.63) is 144 Å². The average molecular weight is 1720 g/mol. The number of aliphatic hydroxyl groups is 4. The maximum absolute atomic E-state index is 12.2. The largest absolute Gasteiger partial charge is 0.507 e. The minimum atomic E-state index is -1.11. The van der Waals surface area contributed by atoms with Gasteiger partial charge in [-0.05, 0) is 171 Å². The molecule has 0 aromatic heterocycles. The normalized spacial score (nSPS) is 12.4. The molecule has 0 unspecified atom stereocenters. The van der Waals surface area contributed by atoms with Crippen molar-refractivity contribution in [1.82, 2.24) is 0 Å². The minimum Gasteiger partial charge on any atom is -0.507 e. The lowest BCUT2D eigenvalue weighted by Crippen LogP contribution is -2.37. The molecule has 0 fully saturated rings. The lowest BCUT2D eigenvalue weighted by Gasteiger charge is -2.31. The molecule has 0 aliphatic rings. The summed E-state index contributed by atoms with van der Waals surface area (Å²) in [4.78, 5) is 55.2. The number of hydrogen-bond donors (Lipinski definition) is 14. The second-order valence-electron chi connectivity index (χ2n) is 44.2. The fourth-order valence-electron chi connectivity index (χ4n) is 14.3. The van der Waals surface area contributed by atoms with Gasteiger partial charge in [0.05, 0.1) is 37.4 Å². The van der Waals surface area contributed by atoms with E-state index in [0.717, 1.165) is 96.3 Å². The maximum atomic E-state index is 12.2.